The van der Waals surface area contributed by atoms with Crippen molar-refractivity contribution in [3.63, 3.8) is 0 Å². The second-order valence-electron chi connectivity index (χ2n) is 9.16. The molecule has 2 amide bonds. The van der Waals surface area contributed by atoms with Gasteiger partial charge in [-0.15, -0.1) is 0 Å². The van der Waals surface area contributed by atoms with E-state index >= 15 is 0 Å². The van der Waals surface area contributed by atoms with Crippen molar-refractivity contribution >= 4 is 22.7 Å². The molecule has 2 aromatic carbocycles. The van der Waals surface area contributed by atoms with Crippen molar-refractivity contribution in [3.8, 4) is 0 Å². The van der Waals surface area contributed by atoms with Gasteiger partial charge in [0.05, 0.1) is 17.1 Å². The summed E-state index contributed by atoms with van der Waals surface area (Å²) in [5, 5.41) is 10.3. The number of rotatable bonds is 9. The smallest absolute Gasteiger partial charge is 0.253 e. The molecule has 0 unspecified atom stereocenters. The number of nitrogens with one attached hydrogen (secondary N) is 3. The lowest BCUT2D eigenvalue weighted by atomic mass is 10.0. The summed E-state index contributed by atoms with van der Waals surface area (Å²) in [6.07, 6.45) is 3.86. The lowest BCUT2D eigenvalue weighted by Gasteiger charge is -2.21. The highest BCUT2D eigenvalue weighted by Gasteiger charge is 2.28. The van der Waals surface area contributed by atoms with E-state index in [0.29, 0.717) is 31.0 Å². The normalized spacial score (nSPS) is 18.5. The van der Waals surface area contributed by atoms with E-state index in [9.17, 15) is 9.59 Å². The van der Waals surface area contributed by atoms with Gasteiger partial charge in [0.2, 0.25) is 5.91 Å². The molecule has 0 spiro atoms. The van der Waals surface area contributed by atoms with E-state index in [1.54, 1.807) is 6.20 Å². The summed E-state index contributed by atoms with van der Waals surface area (Å²) in [6.45, 7) is 3.72. The van der Waals surface area contributed by atoms with Gasteiger partial charge in [0.25, 0.3) is 5.91 Å². The first-order chi connectivity index (χ1) is 16.5. The van der Waals surface area contributed by atoms with Gasteiger partial charge >= 0.3 is 0 Å². The number of hydrogen-bond donors (Lipinski definition) is 4. The highest BCUT2D eigenvalue weighted by atomic mass is 16.2. The van der Waals surface area contributed by atoms with Gasteiger partial charge in [-0.2, -0.15) is 0 Å². The van der Waals surface area contributed by atoms with Crippen LogP contribution in [0.25, 0.3) is 10.9 Å². The molecule has 1 fully saturated rings. The Bertz CT molecular complexity index is 1130. The molecule has 5 N–H and O–H groups in total. The lowest BCUT2D eigenvalue weighted by Crippen LogP contribution is -2.48. The minimum absolute atomic E-state index is 0.0437. The van der Waals surface area contributed by atoms with Gasteiger partial charge in [0, 0.05) is 24.2 Å². The Morgan fingerprint density at radius 1 is 1.18 bits per heavy atom. The Balaban J connectivity index is 1.42. The number of carbonyl (C=O) groups excluding carboxylic acids is 2. The topological polar surface area (TPSA) is 109 Å². The Morgan fingerprint density at radius 2 is 2.00 bits per heavy atom. The molecule has 2 heterocycles. The van der Waals surface area contributed by atoms with Crippen molar-refractivity contribution in [2.75, 3.05) is 19.6 Å². The summed E-state index contributed by atoms with van der Waals surface area (Å²) in [5.74, 6) is 0.0940. The number of nitrogens with zero attached hydrogens (tertiary/aromatic N) is 1. The highest BCUT2D eigenvalue weighted by Crippen LogP contribution is 2.16. The van der Waals surface area contributed by atoms with Gasteiger partial charge < -0.3 is 21.7 Å². The zero-order chi connectivity index (χ0) is 23.9. The minimum atomic E-state index is -0.230. The lowest BCUT2D eigenvalue weighted by molar-refractivity contribution is -0.122. The maximum absolute atomic E-state index is 13.1. The van der Waals surface area contributed by atoms with Crippen LogP contribution in [0.1, 0.15) is 34.3 Å². The van der Waals surface area contributed by atoms with Crippen LogP contribution in [0.4, 0.5) is 0 Å². The molecule has 0 bridgehead atoms. The molecule has 1 aromatic heterocycles. The van der Waals surface area contributed by atoms with E-state index < -0.39 is 0 Å². The second-order valence-corrected chi connectivity index (χ2v) is 9.16. The molecule has 4 rings (SSSR count). The standard InChI is InChI=1S/C27H33N5O2/c1-18-7-10-24-21(11-18)13-22(16-30-24)26(33)32-23(9-8-19-5-3-2-4-6-19)17-31-27(34)25-12-20(14-28)15-29-25/h2-7,10-11,13,16,20,23,25,29H,8-9,12,14-15,17,28H2,1H3,(H,31,34)(H,32,33)/t20-,23+,25-/m1/s1. The molecular formula is C27H33N5O2. The summed E-state index contributed by atoms with van der Waals surface area (Å²) in [7, 11) is 0. The molecular weight excluding hydrogens is 426 g/mol. The second kappa shape index (κ2) is 11.2. The first kappa shape index (κ1) is 23.9. The van der Waals surface area contributed by atoms with Gasteiger partial charge in [-0.3, -0.25) is 14.6 Å². The molecule has 7 heteroatoms. The molecule has 0 radical (unpaired) electrons. The van der Waals surface area contributed by atoms with Crippen LogP contribution in [0, 0.1) is 12.8 Å². The molecule has 178 valence electrons. The van der Waals surface area contributed by atoms with Crippen LogP contribution in [0.15, 0.2) is 60.8 Å². The summed E-state index contributed by atoms with van der Waals surface area (Å²) in [4.78, 5) is 30.2. The Morgan fingerprint density at radius 3 is 2.76 bits per heavy atom. The fourth-order valence-corrected chi connectivity index (χ4v) is 4.39. The van der Waals surface area contributed by atoms with E-state index in [4.69, 9.17) is 5.73 Å². The van der Waals surface area contributed by atoms with E-state index in [2.05, 4.69) is 33.1 Å². The number of amides is 2. The van der Waals surface area contributed by atoms with Crippen LogP contribution in [0.3, 0.4) is 0 Å². The Hall–Kier alpha value is -3.29. The van der Waals surface area contributed by atoms with Gasteiger partial charge in [-0.25, -0.2) is 0 Å². The maximum Gasteiger partial charge on any atom is 0.253 e. The number of benzene rings is 2. The molecule has 1 saturated heterocycles. The fourth-order valence-electron chi connectivity index (χ4n) is 4.39. The van der Waals surface area contributed by atoms with Crippen LogP contribution in [-0.4, -0.2) is 48.5 Å². The van der Waals surface area contributed by atoms with Crippen LogP contribution in [0.2, 0.25) is 0 Å². The average Bonchev–Trinajstić information content (AvgIpc) is 3.35. The number of hydrogen-bond acceptors (Lipinski definition) is 5. The van der Waals surface area contributed by atoms with Gasteiger partial charge in [0.15, 0.2) is 0 Å². The number of carbonyl (C=O) groups is 2. The van der Waals surface area contributed by atoms with Crippen molar-refractivity contribution in [3.05, 3.63) is 77.5 Å². The van der Waals surface area contributed by atoms with E-state index in [1.165, 1.54) is 5.56 Å². The molecule has 34 heavy (non-hydrogen) atoms. The fraction of sp³-hybridized carbons (Fsp3) is 0.370. The number of aryl methyl sites for hydroxylation is 2. The average molecular weight is 460 g/mol. The maximum atomic E-state index is 13.1. The zero-order valence-electron chi connectivity index (χ0n) is 19.6. The predicted octanol–water partition coefficient (Wildman–Crippen LogP) is 2.33. The third kappa shape index (κ3) is 6.18. The first-order valence-corrected chi connectivity index (χ1v) is 11.9. The van der Waals surface area contributed by atoms with Crippen molar-refractivity contribution in [2.45, 2.75) is 38.3 Å². The monoisotopic (exact) mass is 459 g/mol. The summed E-state index contributed by atoms with van der Waals surface area (Å²) in [5.41, 5.74) is 9.42. The molecule has 7 nitrogen and oxygen atoms in total. The van der Waals surface area contributed by atoms with E-state index in [1.807, 2.05) is 49.4 Å². The van der Waals surface area contributed by atoms with Crippen LogP contribution < -0.4 is 21.7 Å². The van der Waals surface area contributed by atoms with Crippen LogP contribution in [0.5, 0.6) is 0 Å². The molecule has 3 aromatic rings. The quantitative estimate of drug-likeness (QED) is 0.393. The molecule has 1 aliphatic heterocycles. The predicted molar refractivity (Wildman–Crippen MR) is 134 cm³/mol. The summed E-state index contributed by atoms with van der Waals surface area (Å²) >= 11 is 0. The number of pyridine rings is 1. The minimum Gasteiger partial charge on any atom is -0.353 e. The SMILES string of the molecule is Cc1ccc2ncc(C(=O)N[C@@H](CCc3ccccc3)CNC(=O)[C@H]3C[C@H](CN)CN3)cc2c1. The molecule has 0 aliphatic carbocycles. The highest BCUT2D eigenvalue weighted by molar-refractivity contribution is 5.97. The van der Waals surface area contributed by atoms with Crippen molar-refractivity contribution in [1.82, 2.24) is 20.9 Å². The van der Waals surface area contributed by atoms with Gasteiger partial charge in [-0.1, -0.05) is 42.0 Å². The number of aromatic nitrogens is 1. The summed E-state index contributed by atoms with van der Waals surface area (Å²) in [6, 6.07) is 17.6. The third-order valence-corrected chi connectivity index (χ3v) is 6.45. The molecule has 0 saturated carbocycles. The van der Waals surface area contributed by atoms with E-state index in [0.717, 1.165) is 35.9 Å². The number of fused-ring (bicyclic) bond motifs is 1. The van der Waals surface area contributed by atoms with Crippen molar-refractivity contribution < 1.29 is 9.59 Å². The Kier molecular flexibility index (Phi) is 7.87. The van der Waals surface area contributed by atoms with E-state index in [-0.39, 0.29) is 23.9 Å². The Labute approximate surface area is 200 Å². The third-order valence-electron chi connectivity index (χ3n) is 6.45. The zero-order valence-corrected chi connectivity index (χ0v) is 19.6. The van der Waals surface area contributed by atoms with Crippen LogP contribution in [-0.2, 0) is 11.2 Å². The van der Waals surface area contributed by atoms with Crippen LogP contribution >= 0.6 is 0 Å². The van der Waals surface area contributed by atoms with Gasteiger partial charge in [0.1, 0.15) is 0 Å². The molecule has 1 aliphatic rings. The largest absolute Gasteiger partial charge is 0.353 e. The van der Waals surface area contributed by atoms with Crippen molar-refractivity contribution in [2.24, 2.45) is 11.7 Å². The first-order valence-electron chi connectivity index (χ1n) is 11.9. The number of nitrogens with two attached hydrogens (primary N) is 1. The van der Waals surface area contributed by atoms with Crippen molar-refractivity contribution in [1.29, 1.82) is 0 Å². The van der Waals surface area contributed by atoms with Gasteiger partial charge in [-0.05, 0) is 69.0 Å². The molecule has 3 atom stereocenters. The summed E-state index contributed by atoms with van der Waals surface area (Å²) < 4.78 is 0.